The molecule has 0 bridgehead atoms. The molecule has 27 heavy (non-hydrogen) atoms. The lowest BCUT2D eigenvalue weighted by atomic mass is 9.89. The second kappa shape index (κ2) is 8.83. The first-order valence-electron chi connectivity index (χ1n) is 8.70. The Kier molecular flexibility index (Phi) is 6.75. The van der Waals surface area contributed by atoms with Gasteiger partial charge < -0.3 is 31.0 Å². The first-order valence-corrected chi connectivity index (χ1v) is 8.70. The van der Waals surface area contributed by atoms with E-state index in [0.29, 0.717) is 6.42 Å². The summed E-state index contributed by atoms with van der Waals surface area (Å²) in [5.74, 6) is -1.66. The lowest BCUT2D eigenvalue weighted by Crippen LogP contribution is -2.52. The van der Waals surface area contributed by atoms with E-state index in [1.165, 1.54) is 24.5 Å². The minimum absolute atomic E-state index is 0.0346. The minimum atomic E-state index is -1.29. The fourth-order valence-electron chi connectivity index (χ4n) is 2.86. The molecule has 0 radical (unpaired) electrons. The highest BCUT2D eigenvalue weighted by Crippen LogP contribution is 2.21. The lowest BCUT2D eigenvalue weighted by Gasteiger charge is -2.31. The van der Waals surface area contributed by atoms with Crippen LogP contribution >= 0.6 is 0 Å². The fraction of sp³-hybridized carbons (Fsp3) is 0.500. The number of hydrogen-bond acceptors (Lipinski definition) is 6. The van der Waals surface area contributed by atoms with Crippen LogP contribution in [0, 0.1) is 5.92 Å². The van der Waals surface area contributed by atoms with Crippen molar-refractivity contribution in [3.05, 3.63) is 35.8 Å². The largest absolute Gasteiger partial charge is 0.459 e. The molecule has 4 atom stereocenters. The highest BCUT2D eigenvalue weighted by molar-refractivity contribution is 5.97. The van der Waals surface area contributed by atoms with Gasteiger partial charge in [-0.1, -0.05) is 19.9 Å². The van der Waals surface area contributed by atoms with E-state index in [9.17, 15) is 24.6 Å². The minimum Gasteiger partial charge on any atom is -0.459 e. The zero-order chi connectivity index (χ0) is 20.1. The topological polar surface area (TPSA) is 155 Å². The van der Waals surface area contributed by atoms with Gasteiger partial charge >= 0.3 is 0 Å². The first kappa shape index (κ1) is 20.7. The standard InChI is InChI=1S/C18H25N3O6/c1-9(2)6-12(16(19)24)21-17(25)10-7-11(15(23)13(22)8-10)20-18(26)14-4-3-5-27-14/h3-5,7,9,11-13,15,22-23H,6,8H2,1-2H3,(H2,19,24)(H,20,26)(H,21,25)/t11-,12-,13-,15-/m1/s1. The number of nitrogens with one attached hydrogen (secondary N) is 2. The van der Waals surface area contributed by atoms with Gasteiger partial charge in [-0.05, 0) is 24.5 Å². The van der Waals surface area contributed by atoms with E-state index in [4.69, 9.17) is 10.2 Å². The zero-order valence-corrected chi connectivity index (χ0v) is 15.2. The quantitative estimate of drug-likeness (QED) is 0.428. The molecule has 0 spiro atoms. The summed E-state index contributed by atoms with van der Waals surface area (Å²) in [6.45, 7) is 3.78. The van der Waals surface area contributed by atoms with Crippen LogP contribution < -0.4 is 16.4 Å². The van der Waals surface area contributed by atoms with Crippen LogP contribution in [0.25, 0.3) is 0 Å². The van der Waals surface area contributed by atoms with E-state index in [1.54, 1.807) is 0 Å². The molecule has 1 aliphatic carbocycles. The van der Waals surface area contributed by atoms with E-state index in [-0.39, 0.29) is 23.7 Å². The molecule has 9 nitrogen and oxygen atoms in total. The number of aliphatic hydroxyl groups excluding tert-OH is 2. The molecule has 3 amide bonds. The molecule has 6 N–H and O–H groups in total. The van der Waals surface area contributed by atoms with Crippen LogP contribution in [0.3, 0.4) is 0 Å². The van der Waals surface area contributed by atoms with Crippen LogP contribution in [-0.2, 0) is 9.59 Å². The summed E-state index contributed by atoms with van der Waals surface area (Å²) >= 11 is 0. The smallest absolute Gasteiger partial charge is 0.287 e. The lowest BCUT2D eigenvalue weighted by molar-refractivity contribution is -0.126. The van der Waals surface area contributed by atoms with E-state index in [0.717, 1.165) is 0 Å². The third-order valence-corrected chi connectivity index (χ3v) is 4.26. The Balaban J connectivity index is 2.13. The Morgan fingerprint density at radius 1 is 1.30 bits per heavy atom. The maximum absolute atomic E-state index is 12.5. The van der Waals surface area contributed by atoms with Gasteiger partial charge in [-0.2, -0.15) is 0 Å². The zero-order valence-electron chi connectivity index (χ0n) is 15.2. The molecule has 1 aromatic heterocycles. The first-order chi connectivity index (χ1) is 12.7. The average Bonchev–Trinajstić information content (AvgIpc) is 3.12. The summed E-state index contributed by atoms with van der Waals surface area (Å²) in [6, 6.07) is 1.14. The van der Waals surface area contributed by atoms with E-state index in [1.807, 2.05) is 13.8 Å². The maximum Gasteiger partial charge on any atom is 0.287 e. The number of carbonyl (C=O) groups is 3. The van der Waals surface area contributed by atoms with Crippen molar-refractivity contribution >= 4 is 17.7 Å². The van der Waals surface area contributed by atoms with E-state index >= 15 is 0 Å². The van der Waals surface area contributed by atoms with Crippen molar-refractivity contribution in [2.45, 2.75) is 51.0 Å². The fourth-order valence-corrected chi connectivity index (χ4v) is 2.86. The molecule has 0 unspecified atom stereocenters. The van der Waals surface area contributed by atoms with Gasteiger partial charge in [0.2, 0.25) is 11.8 Å². The molecule has 1 aromatic rings. The average molecular weight is 379 g/mol. The number of primary amides is 1. The molecule has 2 rings (SSSR count). The third-order valence-electron chi connectivity index (χ3n) is 4.26. The van der Waals surface area contributed by atoms with Gasteiger partial charge in [-0.3, -0.25) is 14.4 Å². The second-order valence-corrected chi connectivity index (χ2v) is 6.99. The third kappa shape index (κ3) is 5.41. The van der Waals surface area contributed by atoms with Crippen LogP contribution in [0.15, 0.2) is 34.5 Å². The van der Waals surface area contributed by atoms with Gasteiger partial charge in [0.05, 0.1) is 18.4 Å². The summed E-state index contributed by atoms with van der Waals surface area (Å²) in [4.78, 5) is 36.1. The van der Waals surface area contributed by atoms with Crippen molar-refractivity contribution in [3.63, 3.8) is 0 Å². The van der Waals surface area contributed by atoms with Gasteiger partial charge in [0, 0.05) is 12.0 Å². The molecular weight excluding hydrogens is 354 g/mol. The van der Waals surface area contributed by atoms with Crippen molar-refractivity contribution in [2.24, 2.45) is 11.7 Å². The van der Waals surface area contributed by atoms with Gasteiger partial charge in [0.15, 0.2) is 5.76 Å². The molecule has 1 heterocycles. The van der Waals surface area contributed by atoms with Crippen molar-refractivity contribution < 1.29 is 29.0 Å². The summed E-state index contributed by atoms with van der Waals surface area (Å²) < 4.78 is 4.98. The van der Waals surface area contributed by atoms with E-state index < -0.39 is 42.0 Å². The van der Waals surface area contributed by atoms with Crippen LogP contribution in [0.5, 0.6) is 0 Å². The van der Waals surface area contributed by atoms with Gasteiger partial charge in [-0.15, -0.1) is 0 Å². The normalized spacial score (nSPS) is 23.4. The van der Waals surface area contributed by atoms with Crippen LogP contribution in [0.1, 0.15) is 37.2 Å². The van der Waals surface area contributed by atoms with Crippen molar-refractivity contribution in [1.82, 2.24) is 10.6 Å². The molecule has 9 heteroatoms. The molecular formula is C18H25N3O6. The molecule has 0 aliphatic heterocycles. The maximum atomic E-state index is 12.5. The second-order valence-electron chi connectivity index (χ2n) is 6.99. The van der Waals surface area contributed by atoms with Gasteiger partial charge in [-0.25, -0.2) is 0 Å². The summed E-state index contributed by atoms with van der Waals surface area (Å²) in [7, 11) is 0. The number of nitrogens with two attached hydrogens (primary N) is 1. The van der Waals surface area contributed by atoms with Gasteiger partial charge in [0.25, 0.3) is 5.91 Å². The van der Waals surface area contributed by atoms with Crippen LogP contribution in [0.2, 0.25) is 0 Å². The van der Waals surface area contributed by atoms with Crippen molar-refractivity contribution in [2.75, 3.05) is 0 Å². The Morgan fingerprint density at radius 2 is 2.00 bits per heavy atom. The molecule has 148 valence electrons. The molecule has 1 aliphatic rings. The number of furan rings is 1. The molecule has 0 aromatic carbocycles. The van der Waals surface area contributed by atoms with E-state index in [2.05, 4.69) is 10.6 Å². The SMILES string of the molecule is CC(C)C[C@@H](NC(=O)C1=C[C@@H](NC(=O)c2ccco2)[C@@H](O)[C@H](O)C1)C(N)=O. The highest BCUT2D eigenvalue weighted by atomic mass is 16.3. The summed E-state index contributed by atoms with van der Waals surface area (Å²) in [5, 5.41) is 25.2. The molecule has 0 fully saturated rings. The Morgan fingerprint density at radius 3 is 2.56 bits per heavy atom. The Hall–Kier alpha value is -2.65. The number of hydrogen-bond donors (Lipinski definition) is 5. The Labute approximate surface area is 156 Å². The number of aliphatic hydroxyl groups is 2. The molecule has 0 saturated heterocycles. The summed E-state index contributed by atoms with van der Waals surface area (Å²) in [6.07, 6.45) is 0.402. The number of amides is 3. The highest BCUT2D eigenvalue weighted by Gasteiger charge is 2.35. The molecule has 0 saturated carbocycles. The monoisotopic (exact) mass is 379 g/mol. The predicted molar refractivity (Wildman–Crippen MR) is 95.3 cm³/mol. The number of carbonyl (C=O) groups excluding carboxylic acids is 3. The van der Waals surface area contributed by atoms with Crippen LogP contribution in [0.4, 0.5) is 0 Å². The Bertz CT molecular complexity index is 713. The van der Waals surface area contributed by atoms with Crippen LogP contribution in [-0.4, -0.2) is 52.2 Å². The van der Waals surface area contributed by atoms with Crippen molar-refractivity contribution in [1.29, 1.82) is 0 Å². The van der Waals surface area contributed by atoms with Crippen molar-refractivity contribution in [3.8, 4) is 0 Å². The summed E-state index contributed by atoms with van der Waals surface area (Å²) in [5.41, 5.74) is 5.48. The number of rotatable bonds is 7. The van der Waals surface area contributed by atoms with Gasteiger partial charge in [0.1, 0.15) is 12.1 Å². The predicted octanol–water partition coefficient (Wildman–Crippen LogP) is -0.554.